The highest BCUT2D eigenvalue weighted by atomic mass is 16.5. The molecule has 2 rings (SSSR count). The summed E-state index contributed by atoms with van der Waals surface area (Å²) in [5, 5.41) is 13.1. The Hall–Kier alpha value is -1.59. The van der Waals surface area contributed by atoms with Crippen LogP contribution in [0.2, 0.25) is 0 Å². The molecule has 1 amide bonds. The van der Waals surface area contributed by atoms with E-state index < -0.39 is 6.10 Å². The third-order valence-electron chi connectivity index (χ3n) is 4.55. The van der Waals surface area contributed by atoms with Crippen molar-refractivity contribution in [1.82, 2.24) is 10.2 Å². The second-order valence-electron chi connectivity index (χ2n) is 6.43. The van der Waals surface area contributed by atoms with Gasteiger partial charge in [-0.3, -0.25) is 4.79 Å². The van der Waals surface area contributed by atoms with Crippen molar-refractivity contribution in [3.63, 3.8) is 0 Å². The number of hydrogen-bond donors (Lipinski definition) is 2. The van der Waals surface area contributed by atoms with E-state index >= 15 is 0 Å². The molecule has 0 aliphatic carbocycles. The van der Waals surface area contributed by atoms with Gasteiger partial charge >= 0.3 is 0 Å². The van der Waals surface area contributed by atoms with Gasteiger partial charge in [-0.1, -0.05) is 19.1 Å². The Kier molecular flexibility index (Phi) is 7.53. The first-order chi connectivity index (χ1) is 11.6. The topological polar surface area (TPSA) is 61.8 Å². The molecule has 0 spiro atoms. The maximum absolute atomic E-state index is 11.8. The predicted octanol–water partition coefficient (Wildman–Crippen LogP) is 1.84. The zero-order chi connectivity index (χ0) is 17.4. The number of amides is 1. The van der Waals surface area contributed by atoms with E-state index in [1.807, 2.05) is 31.2 Å². The Morgan fingerprint density at radius 1 is 1.29 bits per heavy atom. The molecule has 24 heavy (non-hydrogen) atoms. The third-order valence-corrected chi connectivity index (χ3v) is 4.55. The molecule has 1 saturated heterocycles. The lowest BCUT2D eigenvalue weighted by atomic mass is 9.96. The van der Waals surface area contributed by atoms with Crippen LogP contribution in [0.3, 0.4) is 0 Å². The fourth-order valence-corrected chi connectivity index (χ4v) is 3.06. The molecule has 0 radical (unpaired) electrons. The lowest BCUT2D eigenvalue weighted by molar-refractivity contribution is -0.126. The van der Waals surface area contributed by atoms with E-state index in [1.165, 1.54) is 5.56 Å². The second-order valence-corrected chi connectivity index (χ2v) is 6.43. The molecule has 1 aliphatic heterocycles. The van der Waals surface area contributed by atoms with E-state index in [0.717, 1.165) is 38.1 Å². The van der Waals surface area contributed by atoms with Gasteiger partial charge in [0.05, 0.1) is 0 Å². The van der Waals surface area contributed by atoms with Gasteiger partial charge in [0.15, 0.2) is 0 Å². The van der Waals surface area contributed by atoms with Gasteiger partial charge in [0, 0.05) is 19.0 Å². The molecule has 1 heterocycles. The van der Waals surface area contributed by atoms with E-state index in [4.69, 9.17) is 4.74 Å². The molecular formula is C19H30N2O3. The highest BCUT2D eigenvalue weighted by Crippen LogP contribution is 2.18. The maximum Gasteiger partial charge on any atom is 0.223 e. The molecule has 0 aromatic heterocycles. The average molecular weight is 334 g/mol. The maximum atomic E-state index is 11.8. The van der Waals surface area contributed by atoms with Crippen LogP contribution in [0.4, 0.5) is 0 Å². The van der Waals surface area contributed by atoms with Crippen LogP contribution < -0.4 is 10.1 Å². The monoisotopic (exact) mass is 334 g/mol. The minimum Gasteiger partial charge on any atom is -0.491 e. The molecule has 0 saturated carbocycles. The SMILES string of the molecule is CCNC(=O)C1CCN(CC(O)COc2ccc(CC)cc2)CC1. The number of aryl methyl sites for hydroxylation is 1. The van der Waals surface area contributed by atoms with Gasteiger partial charge in [0.2, 0.25) is 5.91 Å². The Morgan fingerprint density at radius 3 is 2.54 bits per heavy atom. The van der Waals surface area contributed by atoms with Gasteiger partial charge in [0.25, 0.3) is 0 Å². The van der Waals surface area contributed by atoms with Crippen molar-refractivity contribution >= 4 is 5.91 Å². The number of nitrogens with zero attached hydrogens (tertiary/aromatic N) is 1. The van der Waals surface area contributed by atoms with Gasteiger partial charge < -0.3 is 20.1 Å². The molecule has 1 unspecified atom stereocenters. The smallest absolute Gasteiger partial charge is 0.223 e. The number of likely N-dealkylation sites (tertiary alicyclic amines) is 1. The number of ether oxygens (including phenoxy) is 1. The number of hydrogen-bond acceptors (Lipinski definition) is 4. The van der Waals surface area contributed by atoms with Crippen molar-refractivity contribution in [2.45, 2.75) is 39.2 Å². The van der Waals surface area contributed by atoms with Gasteiger partial charge in [-0.05, 0) is 57.0 Å². The van der Waals surface area contributed by atoms with Crippen molar-refractivity contribution in [2.75, 3.05) is 32.8 Å². The van der Waals surface area contributed by atoms with Crippen molar-refractivity contribution in [3.8, 4) is 5.75 Å². The quantitative estimate of drug-likeness (QED) is 0.761. The average Bonchev–Trinajstić information content (AvgIpc) is 2.61. The predicted molar refractivity (Wildman–Crippen MR) is 95.2 cm³/mol. The van der Waals surface area contributed by atoms with Crippen molar-refractivity contribution in [1.29, 1.82) is 0 Å². The molecule has 5 heteroatoms. The van der Waals surface area contributed by atoms with Crippen molar-refractivity contribution in [3.05, 3.63) is 29.8 Å². The number of carbonyl (C=O) groups excluding carboxylic acids is 1. The summed E-state index contributed by atoms with van der Waals surface area (Å²) in [4.78, 5) is 14.0. The first-order valence-corrected chi connectivity index (χ1v) is 9.02. The molecule has 1 atom stereocenters. The Morgan fingerprint density at radius 2 is 1.96 bits per heavy atom. The van der Waals surface area contributed by atoms with E-state index in [2.05, 4.69) is 17.1 Å². The van der Waals surface area contributed by atoms with Crippen LogP contribution in [0.5, 0.6) is 5.75 Å². The van der Waals surface area contributed by atoms with Gasteiger partial charge in [-0.15, -0.1) is 0 Å². The molecule has 1 aliphatic rings. The molecule has 5 nitrogen and oxygen atoms in total. The molecule has 2 N–H and O–H groups in total. The number of benzene rings is 1. The zero-order valence-corrected chi connectivity index (χ0v) is 14.8. The molecule has 1 aromatic rings. The van der Waals surface area contributed by atoms with Gasteiger partial charge in [0.1, 0.15) is 18.5 Å². The normalized spacial score (nSPS) is 17.5. The summed E-state index contributed by atoms with van der Waals surface area (Å²) in [6.45, 7) is 7.34. The first kappa shape index (κ1) is 18.7. The Bertz CT molecular complexity index is 496. The minimum absolute atomic E-state index is 0.117. The van der Waals surface area contributed by atoms with Gasteiger partial charge in [-0.25, -0.2) is 0 Å². The van der Waals surface area contributed by atoms with Crippen LogP contribution in [-0.2, 0) is 11.2 Å². The van der Waals surface area contributed by atoms with Crippen LogP contribution in [0.15, 0.2) is 24.3 Å². The number of carbonyl (C=O) groups is 1. The van der Waals surface area contributed by atoms with E-state index in [0.29, 0.717) is 19.7 Å². The summed E-state index contributed by atoms with van der Waals surface area (Å²) in [7, 11) is 0. The number of β-amino-alcohol motifs (C(OH)–C–C–N with tert-alkyl or cyclic N) is 1. The Balaban J connectivity index is 1.67. The summed E-state index contributed by atoms with van der Waals surface area (Å²) in [5.41, 5.74) is 1.28. The van der Waals surface area contributed by atoms with Crippen LogP contribution in [0, 0.1) is 5.92 Å². The lowest BCUT2D eigenvalue weighted by Gasteiger charge is -2.32. The molecule has 134 valence electrons. The highest BCUT2D eigenvalue weighted by Gasteiger charge is 2.25. The third kappa shape index (κ3) is 5.80. The van der Waals surface area contributed by atoms with E-state index in [1.54, 1.807) is 0 Å². The standard InChI is InChI=1S/C19H30N2O3/c1-3-15-5-7-18(8-6-15)24-14-17(22)13-21-11-9-16(10-12-21)19(23)20-4-2/h5-8,16-17,22H,3-4,9-14H2,1-2H3,(H,20,23). The summed E-state index contributed by atoms with van der Waals surface area (Å²) >= 11 is 0. The number of nitrogens with one attached hydrogen (secondary N) is 1. The van der Waals surface area contributed by atoms with Crippen LogP contribution in [-0.4, -0.2) is 54.8 Å². The molecule has 1 aromatic carbocycles. The van der Waals surface area contributed by atoms with Crippen molar-refractivity contribution in [2.24, 2.45) is 5.92 Å². The van der Waals surface area contributed by atoms with Crippen LogP contribution in [0.1, 0.15) is 32.3 Å². The van der Waals surface area contributed by atoms with Gasteiger partial charge in [-0.2, -0.15) is 0 Å². The van der Waals surface area contributed by atoms with Crippen LogP contribution >= 0.6 is 0 Å². The summed E-state index contributed by atoms with van der Waals surface area (Å²) in [5.74, 6) is 1.07. The largest absolute Gasteiger partial charge is 0.491 e. The number of aliphatic hydroxyl groups excluding tert-OH is 1. The second kappa shape index (κ2) is 9.64. The molecule has 0 bridgehead atoms. The van der Waals surface area contributed by atoms with E-state index in [9.17, 15) is 9.90 Å². The number of rotatable bonds is 8. The highest BCUT2D eigenvalue weighted by molar-refractivity contribution is 5.78. The number of piperidine rings is 1. The van der Waals surface area contributed by atoms with E-state index in [-0.39, 0.29) is 11.8 Å². The first-order valence-electron chi connectivity index (χ1n) is 9.02. The summed E-state index contributed by atoms with van der Waals surface area (Å²) in [6, 6.07) is 7.99. The summed E-state index contributed by atoms with van der Waals surface area (Å²) in [6.07, 6.45) is 2.21. The number of aliphatic hydroxyl groups is 1. The minimum atomic E-state index is -0.517. The van der Waals surface area contributed by atoms with Crippen LogP contribution in [0.25, 0.3) is 0 Å². The fraction of sp³-hybridized carbons (Fsp3) is 0.632. The zero-order valence-electron chi connectivity index (χ0n) is 14.8. The molecular weight excluding hydrogens is 304 g/mol. The molecule has 1 fully saturated rings. The Labute approximate surface area is 145 Å². The lowest BCUT2D eigenvalue weighted by Crippen LogP contribution is -2.44. The summed E-state index contributed by atoms with van der Waals surface area (Å²) < 4.78 is 5.66. The van der Waals surface area contributed by atoms with Crippen molar-refractivity contribution < 1.29 is 14.6 Å². The fourth-order valence-electron chi connectivity index (χ4n) is 3.06.